The maximum atomic E-state index is 11.5. The molecule has 5 nitrogen and oxygen atoms in total. The number of likely N-dealkylation sites (N-methyl/N-ethyl adjacent to an activating group) is 1. The minimum absolute atomic E-state index is 0.418. The summed E-state index contributed by atoms with van der Waals surface area (Å²) < 4.78 is 5.66. The molecule has 0 amide bonds. The highest BCUT2D eigenvalue weighted by atomic mass is 16.5. The van der Waals surface area contributed by atoms with Crippen molar-refractivity contribution in [2.75, 3.05) is 32.8 Å². The highest BCUT2D eigenvalue weighted by Gasteiger charge is 2.35. The summed E-state index contributed by atoms with van der Waals surface area (Å²) in [7, 11) is 0. The molecule has 2 N–H and O–H groups in total. The lowest BCUT2D eigenvalue weighted by atomic mass is 9.90. The molecule has 0 radical (unpaired) electrons. The zero-order chi connectivity index (χ0) is 15.7. The molecule has 124 valence electrons. The fourth-order valence-corrected chi connectivity index (χ4v) is 3.20. The Morgan fingerprint density at radius 3 is 2.48 bits per heavy atom. The van der Waals surface area contributed by atoms with Gasteiger partial charge in [-0.3, -0.25) is 4.79 Å². The molecule has 0 aromatic heterocycles. The van der Waals surface area contributed by atoms with Crippen LogP contribution >= 0.6 is 0 Å². The van der Waals surface area contributed by atoms with Crippen LogP contribution in [-0.2, 0) is 9.53 Å². The summed E-state index contributed by atoms with van der Waals surface area (Å²) in [6.45, 7) is 10.6. The smallest absolute Gasteiger partial charge is 0.323 e. The van der Waals surface area contributed by atoms with E-state index in [0.29, 0.717) is 25.5 Å². The largest absolute Gasteiger partial charge is 0.480 e. The Morgan fingerprint density at radius 1 is 1.33 bits per heavy atom. The molecule has 0 aliphatic carbocycles. The van der Waals surface area contributed by atoms with Crippen molar-refractivity contribution in [3.63, 3.8) is 0 Å². The molecule has 1 unspecified atom stereocenters. The van der Waals surface area contributed by atoms with Gasteiger partial charge in [0.05, 0.1) is 6.10 Å². The van der Waals surface area contributed by atoms with Gasteiger partial charge in [-0.25, -0.2) is 0 Å². The third-order valence-corrected chi connectivity index (χ3v) is 4.54. The number of rotatable bonds is 10. The molecular formula is C16H32N2O3. The van der Waals surface area contributed by atoms with Gasteiger partial charge in [-0.05, 0) is 52.1 Å². The summed E-state index contributed by atoms with van der Waals surface area (Å²) in [6, 6.07) is 0. The van der Waals surface area contributed by atoms with E-state index in [4.69, 9.17) is 4.74 Å². The summed E-state index contributed by atoms with van der Waals surface area (Å²) in [5.41, 5.74) is -0.752. The number of carboxylic acids is 1. The molecule has 21 heavy (non-hydrogen) atoms. The van der Waals surface area contributed by atoms with Gasteiger partial charge in [0.1, 0.15) is 5.54 Å². The topological polar surface area (TPSA) is 61.8 Å². The number of carbonyl (C=O) groups is 1. The lowest BCUT2D eigenvalue weighted by Crippen LogP contribution is -2.52. The molecule has 0 aromatic carbocycles. The van der Waals surface area contributed by atoms with Crippen LogP contribution in [-0.4, -0.2) is 60.4 Å². The molecule has 1 aliphatic heterocycles. The van der Waals surface area contributed by atoms with E-state index in [2.05, 4.69) is 10.2 Å². The van der Waals surface area contributed by atoms with Crippen LogP contribution in [0, 0.1) is 0 Å². The SMILES string of the molecule is CCNC(CC)(CCCN1CCC(OCC)CC1)C(=O)O. The van der Waals surface area contributed by atoms with Gasteiger partial charge in [0.2, 0.25) is 0 Å². The van der Waals surface area contributed by atoms with Crippen molar-refractivity contribution in [1.29, 1.82) is 0 Å². The number of carboxylic acid groups (broad SMARTS) is 1. The number of likely N-dealkylation sites (tertiary alicyclic amines) is 1. The van der Waals surface area contributed by atoms with Gasteiger partial charge in [0.25, 0.3) is 0 Å². The fourth-order valence-electron chi connectivity index (χ4n) is 3.20. The number of hydrogen-bond acceptors (Lipinski definition) is 4. The van der Waals surface area contributed by atoms with E-state index < -0.39 is 11.5 Å². The van der Waals surface area contributed by atoms with Crippen molar-refractivity contribution in [3.05, 3.63) is 0 Å². The standard InChI is InChI=1S/C16H32N2O3/c1-4-16(15(19)20,17-5-2)10-7-11-18-12-8-14(9-13-18)21-6-3/h14,17H,4-13H2,1-3H3,(H,19,20). The Labute approximate surface area is 129 Å². The normalized spacial score (nSPS) is 20.3. The fraction of sp³-hybridized carbons (Fsp3) is 0.938. The zero-order valence-electron chi connectivity index (χ0n) is 13.9. The molecule has 0 saturated carbocycles. The Balaban J connectivity index is 2.33. The first-order valence-corrected chi connectivity index (χ1v) is 8.40. The van der Waals surface area contributed by atoms with E-state index in [9.17, 15) is 9.90 Å². The molecule has 0 aromatic rings. The predicted octanol–water partition coefficient (Wildman–Crippen LogP) is 2.11. The quantitative estimate of drug-likeness (QED) is 0.647. The van der Waals surface area contributed by atoms with Gasteiger partial charge in [0.15, 0.2) is 0 Å². The number of hydrogen-bond donors (Lipinski definition) is 2. The maximum Gasteiger partial charge on any atom is 0.323 e. The third-order valence-electron chi connectivity index (χ3n) is 4.54. The first-order valence-electron chi connectivity index (χ1n) is 8.40. The predicted molar refractivity (Wildman–Crippen MR) is 84.7 cm³/mol. The van der Waals surface area contributed by atoms with Crippen molar-refractivity contribution < 1.29 is 14.6 Å². The van der Waals surface area contributed by atoms with E-state index in [1.165, 1.54) is 0 Å². The number of ether oxygens (including phenoxy) is 1. The molecular weight excluding hydrogens is 268 g/mol. The summed E-state index contributed by atoms with van der Waals surface area (Å²) in [5, 5.41) is 12.7. The van der Waals surface area contributed by atoms with Crippen LogP contribution in [0.25, 0.3) is 0 Å². The molecule has 0 spiro atoms. The van der Waals surface area contributed by atoms with Crippen molar-refractivity contribution in [2.45, 2.75) is 64.5 Å². The van der Waals surface area contributed by atoms with Crippen LogP contribution < -0.4 is 5.32 Å². The molecule has 1 rings (SSSR count). The van der Waals surface area contributed by atoms with Crippen molar-refractivity contribution >= 4 is 5.97 Å². The number of nitrogens with zero attached hydrogens (tertiary/aromatic N) is 1. The summed E-state index contributed by atoms with van der Waals surface area (Å²) >= 11 is 0. The van der Waals surface area contributed by atoms with Gasteiger partial charge in [0, 0.05) is 19.7 Å². The van der Waals surface area contributed by atoms with Crippen molar-refractivity contribution in [2.24, 2.45) is 0 Å². The van der Waals surface area contributed by atoms with Gasteiger partial charge in [-0.15, -0.1) is 0 Å². The first kappa shape index (κ1) is 18.4. The Bertz CT molecular complexity index is 304. The molecule has 1 heterocycles. The average molecular weight is 300 g/mol. The highest BCUT2D eigenvalue weighted by Crippen LogP contribution is 2.20. The van der Waals surface area contributed by atoms with Gasteiger partial charge >= 0.3 is 5.97 Å². The minimum atomic E-state index is -0.752. The van der Waals surface area contributed by atoms with E-state index in [0.717, 1.165) is 45.5 Å². The summed E-state index contributed by atoms with van der Waals surface area (Å²) in [5.74, 6) is -0.720. The summed E-state index contributed by atoms with van der Waals surface area (Å²) in [4.78, 5) is 14.0. The lowest BCUT2D eigenvalue weighted by Gasteiger charge is -2.33. The van der Waals surface area contributed by atoms with Crippen LogP contribution in [0.4, 0.5) is 0 Å². The Morgan fingerprint density at radius 2 is 2.00 bits per heavy atom. The monoisotopic (exact) mass is 300 g/mol. The van der Waals surface area contributed by atoms with E-state index >= 15 is 0 Å². The average Bonchev–Trinajstić information content (AvgIpc) is 2.48. The molecule has 1 atom stereocenters. The minimum Gasteiger partial charge on any atom is -0.480 e. The second kappa shape index (κ2) is 9.38. The second-order valence-corrected chi connectivity index (χ2v) is 5.87. The van der Waals surface area contributed by atoms with Gasteiger partial charge < -0.3 is 20.1 Å². The van der Waals surface area contributed by atoms with Crippen LogP contribution in [0.15, 0.2) is 0 Å². The first-order chi connectivity index (χ1) is 10.1. The molecule has 1 fully saturated rings. The second-order valence-electron chi connectivity index (χ2n) is 5.87. The zero-order valence-corrected chi connectivity index (χ0v) is 13.9. The maximum absolute atomic E-state index is 11.5. The molecule has 5 heteroatoms. The van der Waals surface area contributed by atoms with Gasteiger partial charge in [-0.1, -0.05) is 13.8 Å². The number of aliphatic carboxylic acids is 1. The molecule has 1 saturated heterocycles. The molecule has 0 bridgehead atoms. The van der Waals surface area contributed by atoms with Crippen molar-refractivity contribution in [1.82, 2.24) is 10.2 Å². The lowest BCUT2D eigenvalue weighted by molar-refractivity contribution is -0.145. The van der Waals surface area contributed by atoms with E-state index in [1.54, 1.807) is 0 Å². The van der Waals surface area contributed by atoms with Crippen LogP contribution in [0.3, 0.4) is 0 Å². The summed E-state index contributed by atoms with van der Waals surface area (Å²) in [6.07, 6.45) is 4.85. The van der Waals surface area contributed by atoms with Crippen LogP contribution in [0.2, 0.25) is 0 Å². The highest BCUT2D eigenvalue weighted by molar-refractivity contribution is 5.78. The Kier molecular flexibility index (Phi) is 8.22. The van der Waals surface area contributed by atoms with E-state index in [1.807, 2.05) is 20.8 Å². The number of nitrogens with one attached hydrogen (secondary N) is 1. The Hall–Kier alpha value is -0.650. The van der Waals surface area contributed by atoms with E-state index in [-0.39, 0.29) is 0 Å². The van der Waals surface area contributed by atoms with Crippen LogP contribution in [0.5, 0.6) is 0 Å². The van der Waals surface area contributed by atoms with Gasteiger partial charge in [-0.2, -0.15) is 0 Å². The third kappa shape index (κ3) is 5.57. The van der Waals surface area contributed by atoms with Crippen molar-refractivity contribution in [3.8, 4) is 0 Å². The van der Waals surface area contributed by atoms with Crippen LogP contribution in [0.1, 0.15) is 52.9 Å². The number of piperidine rings is 1. The molecule has 1 aliphatic rings.